The van der Waals surface area contributed by atoms with E-state index < -0.39 is 6.10 Å². The molecular formula is C9H14O3. The number of hydrogen-bond donors (Lipinski definition) is 1. The molecule has 0 aromatic carbocycles. The predicted molar refractivity (Wildman–Crippen MR) is 46.6 cm³/mol. The monoisotopic (exact) mass is 170 g/mol. The van der Waals surface area contributed by atoms with Crippen molar-refractivity contribution in [1.29, 1.82) is 0 Å². The molecule has 0 heterocycles. The van der Waals surface area contributed by atoms with Crippen molar-refractivity contribution in [2.75, 3.05) is 6.61 Å². The van der Waals surface area contributed by atoms with Gasteiger partial charge in [0.25, 0.3) is 0 Å². The van der Waals surface area contributed by atoms with E-state index in [1.165, 1.54) is 6.08 Å². The third-order valence-corrected chi connectivity index (χ3v) is 1.07. The maximum atomic E-state index is 10.7. The molecule has 0 aliphatic rings. The zero-order chi connectivity index (χ0) is 9.40. The fraction of sp³-hybridized carbons (Fsp3) is 0.444. The molecule has 0 saturated heterocycles. The smallest absolute Gasteiger partial charge is 0.309 e. The summed E-state index contributed by atoms with van der Waals surface area (Å²) in [5.41, 5.74) is 0. The Morgan fingerprint density at radius 3 is 2.92 bits per heavy atom. The van der Waals surface area contributed by atoms with Gasteiger partial charge in [0.1, 0.15) is 6.61 Å². The molecule has 0 saturated carbocycles. The minimum absolute atomic E-state index is 0.206. The molecule has 3 nitrogen and oxygen atoms in total. The zero-order valence-electron chi connectivity index (χ0n) is 7.19. The molecule has 0 rings (SSSR count). The van der Waals surface area contributed by atoms with Crippen LogP contribution in [0.3, 0.4) is 0 Å². The molecule has 0 aliphatic heterocycles. The van der Waals surface area contributed by atoms with Crippen molar-refractivity contribution in [3.8, 4) is 0 Å². The largest absolute Gasteiger partial charge is 0.461 e. The summed E-state index contributed by atoms with van der Waals surface area (Å²) < 4.78 is 4.72. The van der Waals surface area contributed by atoms with Gasteiger partial charge in [0, 0.05) is 0 Å². The van der Waals surface area contributed by atoms with E-state index in [1.807, 2.05) is 0 Å². The van der Waals surface area contributed by atoms with Crippen molar-refractivity contribution in [3.05, 3.63) is 24.8 Å². The molecule has 0 amide bonds. The first-order valence-corrected chi connectivity index (χ1v) is 3.78. The Hall–Kier alpha value is -1.09. The van der Waals surface area contributed by atoms with Gasteiger partial charge < -0.3 is 9.84 Å². The number of esters is 1. The Kier molecular flexibility index (Phi) is 6.01. The minimum Gasteiger partial charge on any atom is -0.461 e. The first kappa shape index (κ1) is 10.9. The summed E-state index contributed by atoms with van der Waals surface area (Å²) in [5.74, 6) is -0.305. The zero-order valence-corrected chi connectivity index (χ0v) is 7.19. The summed E-state index contributed by atoms with van der Waals surface area (Å²) in [7, 11) is 0. The fourth-order valence-electron chi connectivity index (χ4n) is 0.570. The standard InChI is InChI=1S/C9H14O3/c1-3-5-9(11)12-7-4-6-8(2)10/h3-4,6,8,10H,1,5,7H2,2H3/b6-4+. The second-order valence-electron chi connectivity index (χ2n) is 2.34. The van der Waals surface area contributed by atoms with E-state index in [2.05, 4.69) is 6.58 Å². The molecule has 1 N–H and O–H groups in total. The Morgan fingerprint density at radius 2 is 2.42 bits per heavy atom. The van der Waals surface area contributed by atoms with Crippen LogP contribution in [0.5, 0.6) is 0 Å². The average molecular weight is 170 g/mol. The molecular weight excluding hydrogens is 156 g/mol. The van der Waals surface area contributed by atoms with Crippen molar-refractivity contribution < 1.29 is 14.6 Å². The summed E-state index contributed by atoms with van der Waals surface area (Å²) in [6.45, 7) is 5.23. The van der Waals surface area contributed by atoms with Gasteiger partial charge in [-0.2, -0.15) is 0 Å². The van der Waals surface area contributed by atoms with Crippen LogP contribution < -0.4 is 0 Å². The second-order valence-corrected chi connectivity index (χ2v) is 2.34. The summed E-state index contributed by atoms with van der Waals surface area (Å²) >= 11 is 0. The molecule has 1 atom stereocenters. The van der Waals surface area contributed by atoms with Gasteiger partial charge in [-0.25, -0.2) is 0 Å². The van der Waals surface area contributed by atoms with Gasteiger partial charge >= 0.3 is 5.97 Å². The number of aliphatic hydroxyl groups is 1. The van der Waals surface area contributed by atoms with Crippen molar-refractivity contribution in [3.63, 3.8) is 0 Å². The molecule has 0 aliphatic carbocycles. The van der Waals surface area contributed by atoms with Crippen molar-refractivity contribution >= 4 is 5.97 Å². The molecule has 1 unspecified atom stereocenters. The molecule has 68 valence electrons. The normalized spacial score (nSPS) is 12.8. The molecule has 0 fully saturated rings. The number of carbonyl (C=O) groups excluding carboxylic acids is 1. The van der Waals surface area contributed by atoms with Gasteiger partial charge in [-0.3, -0.25) is 4.79 Å². The molecule has 0 spiro atoms. The third-order valence-electron chi connectivity index (χ3n) is 1.07. The van der Waals surface area contributed by atoms with E-state index in [0.29, 0.717) is 0 Å². The number of rotatable bonds is 5. The second kappa shape index (κ2) is 6.61. The number of hydrogen-bond acceptors (Lipinski definition) is 3. The van der Waals surface area contributed by atoms with Crippen molar-refractivity contribution in [1.82, 2.24) is 0 Å². The van der Waals surface area contributed by atoms with Crippen LogP contribution in [-0.2, 0) is 9.53 Å². The van der Waals surface area contributed by atoms with Gasteiger partial charge in [0.05, 0.1) is 12.5 Å². The lowest BCUT2D eigenvalue weighted by molar-refractivity contribution is -0.141. The van der Waals surface area contributed by atoms with Crippen LogP contribution in [0.25, 0.3) is 0 Å². The van der Waals surface area contributed by atoms with Crippen molar-refractivity contribution in [2.24, 2.45) is 0 Å². The van der Waals surface area contributed by atoms with Crippen LogP contribution in [0.15, 0.2) is 24.8 Å². The minimum atomic E-state index is -0.497. The molecule has 3 heteroatoms. The van der Waals surface area contributed by atoms with Crippen LogP contribution in [0.1, 0.15) is 13.3 Å². The van der Waals surface area contributed by atoms with E-state index in [-0.39, 0.29) is 19.0 Å². The van der Waals surface area contributed by atoms with Crippen LogP contribution >= 0.6 is 0 Å². The summed E-state index contributed by atoms with van der Waals surface area (Å²) in [4.78, 5) is 10.7. The highest BCUT2D eigenvalue weighted by Gasteiger charge is 1.95. The lowest BCUT2D eigenvalue weighted by Gasteiger charge is -1.98. The number of aliphatic hydroxyl groups excluding tert-OH is 1. The first-order chi connectivity index (χ1) is 5.66. The Bertz CT molecular complexity index is 171. The highest BCUT2D eigenvalue weighted by Crippen LogP contribution is 1.88. The lowest BCUT2D eigenvalue weighted by Crippen LogP contribution is -2.03. The van der Waals surface area contributed by atoms with E-state index in [9.17, 15) is 4.79 Å². The van der Waals surface area contributed by atoms with Gasteiger partial charge in [0.15, 0.2) is 0 Å². The average Bonchev–Trinajstić information content (AvgIpc) is 1.98. The van der Waals surface area contributed by atoms with E-state index in [1.54, 1.807) is 19.1 Å². The van der Waals surface area contributed by atoms with E-state index in [0.717, 1.165) is 0 Å². The van der Waals surface area contributed by atoms with Crippen LogP contribution in [-0.4, -0.2) is 23.8 Å². The van der Waals surface area contributed by atoms with Crippen LogP contribution in [0, 0.1) is 0 Å². The SMILES string of the molecule is C=CCC(=O)OC/C=C/C(C)O. The quantitative estimate of drug-likeness (QED) is 0.495. The fourth-order valence-corrected chi connectivity index (χ4v) is 0.570. The van der Waals surface area contributed by atoms with E-state index >= 15 is 0 Å². The summed E-state index contributed by atoms with van der Waals surface area (Å²) in [6, 6.07) is 0. The maximum absolute atomic E-state index is 10.7. The highest BCUT2D eigenvalue weighted by atomic mass is 16.5. The van der Waals surface area contributed by atoms with Gasteiger partial charge in [-0.1, -0.05) is 12.2 Å². The predicted octanol–water partition coefficient (Wildman–Crippen LogP) is 1.04. The molecule has 0 radical (unpaired) electrons. The lowest BCUT2D eigenvalue weighted by atomic mass is 10.3. The Morgan fingerprint density at radius 1 is 1.75 bits per heavy atom. The van der Waals surface area contributed by atoms with Gasteiger partial charge in [-0.15, -0.1) is 6.58 Å². The summed E-state index contributed by atoms with van der Waals surface area (Å²) in [6.07, 6.45) is 4.37. The highest BCUT2D eigenvalue weighted by molar-refractivity contribution is 5.71. The van der Waals surface area contributed by atoms with Crippen LogP contribution in [0.2, 0.25) is 0 Å². The summed E-state index contributed by atoms with van der Waals surface area (Å²) in [5, 5.41) is 8.78. The Balaban J connectivity index is 3.42. The molecule has 12 heavy (non-hydrogen) atoms. The van der Waals surface area contributed by atoms with Crippen LogP contribution in [0.4, 0.5) is 0 Å². The maximum Gasteiger partial charge on any atom is 0.309 e. The van der Waals surface area contributed by atoms with Gasteiger partial charge in [-0.05, 0) is 13.0 Å². The third kappa shape index (κ3) is 7.02. The topological polar surface area (TPSA) is 46.5 Å². The number of ether oxygens (including phenoxy) is 1. The molecule has 0 bridgehead atoms. The van der Waals surface area contributed by atoms with Gasteiger partial charge in [0.2, 0.25) is 0 Å². The van der Waals surface area contributed by atoms with E-state index in [4.69, 9.17) is 9.84 Å². The first-order valence-electron chi connectivity index (χ1n) is 3.78. The molecule has 0 aromatic heterocycles. The number of carbonyl (C=O) groups is 1. The Labute approximate surface area is 72.3 Å². The molecule has 0 aromatic rings. The van der Waals surface area contributed by atoms with Crippen molar-refractivity contribution in [2.45, 2.75) is 19.4 Å².